The molecule has 2 aromatic heterocycles. The molecule has 0 aliphatic heterocycles. The van der Waals surface area contributed by atoms with E-state index >= 15 is 0 Å². The lowest BCUT2D eigenvalue weighted by atomic mass is 10.0. The molecule has 0 spiro atoms. The molecular formula is C19H29N3. The number of rotatable bonds is 2. The summed E-state index contributed by atoms with van der Waals surface area (Å²) in [4.78, 5) is 13.0. The van der Waals surface area contributed by atoms with E-state index in [1.54, 1.807) is 0 Å². The van der Waals surface area contributed by atoms with E-state index in [9.17, 15) is 0 Å². The monoisotopic (exact) mass is 299 g/mol. The van der Waals surface area contributed by atoms with Crippen LogP contribution in [0.5, 0.6) is 0 Å². The minimum atomic E-state index is 0.475. The van der Waals surface area contributed by atoms with Crippen LogP contribution in [0, 0.1) is 27.7 Å². The third-order valence-electron chi connectivity index (χ3n) is 3.45. The van der Waals surface area contributed by atoms with E-state index in [1.165, 1.54) is 16.8 Å². The second kappa shape index (κ2) is 8.02. The smallest absolute Gasteiger partial charge is 0.0641 e. The van der Waals surface area contributed by atoms with Gasteiger partial charge in [-0.3, -0.25) is 15.0 Å². The average Bonchev–Trinajstić information content (AvgIpc) is 2.38. The van der Waals surface area contributed by atoms with Gasteiger partial charge in [0.05, 0.1) is 17.1 Å². The van der Waals surface area contributed by atoms with Crippen molar-refractivity contribution in [2.75, 3.05) is 0 Å². The molecule has 0 bridgehead atoms. The molecule has 0 N–H and O–H groups in total. The first-order valence-electron chi connectivity index (χ1n) is 7.95. The first kappa shape index (κ1) is 18.3. The van der Waals surface area contributed by atoms with Crippen LogP contribution in [0.3, 0.4) is 0 Å². The zero-order valence-electron chi connectivity index (χ0n) is 15.2. The van der Waals surface area contributed by atoms with Crippen molar-refractivity contribution in [2.45, 2.75) is 67.2 Å². The highest BCUT2D eigenvalue weighted by Gasteiger charge is 2.05. The third-order valence-corrected chi connectivity index (χ3v) is 3.45. The summed E-state index contributed by atoms with van der Waals surface area (Å²) < 4.78 is 0. The SMILES string of the molecule is Cc1cnc(C(C)C)c(C)c1.Cc1cnc(C(C)C)c(C)n1. The Morgan fingerprint density at radius 3 is 1.77 bits per heavy atom. The molecule has 3 nitrogen and oxygen atoms in total. The van der Waals surface area contributed by atoms with Crippen LogP contribution >= 0.6 is 0 Å². The van der Waals surface area contributed by atoms with Gasteiger partial charge in [-0.25, -0.2) is 0 Å². The fraction of sp³-hybridized carbons (Fsp3) is 0.526. The van der Waals surface area contributed by atoms with Crippen molar-refractivity contribution in [3.8, 4) is 0 Å². The molecule has 0 amide bonds. The van der Waals surface area contributed by atoms with Gasteiger partial charge in [0.2, 0.25) is 0 Å². The van der Waals surface area contributed by atoms with Gasteiger partial charge in [-0.05, 0) is 50.7 Å². The van der Waals surface area contributed by atoms with Gasteiger partial charge in [-0.15, -0.1) is 0 Å². The summed E-state index contributed by atoms with van der Waals surface area (Å²) in [5, 5.41) is 0. The summed E-state index contributed by atoms with van der Waals surface area (Å²) in [6, 6.07) is 2.18. The van der Waals surface area contributed by atoms with E-state index in [4.69, 9.17) is 0 Å². The number of pyridine rings is 1. The van der Waals surface area contributed by atoms with Crippen molar-refractivity contribution in [1.82, 2.24) is 15.0 Å². The molecule has 0 saturated carbocycles. The van der Waals surface area contributed by atoms with Crippen LogP contribution < -0.4 is 0 Å². The summed E-state index contributed by atoms with van der Waals surface area (Å²) in [6.07, 6.45) is 3.75. The molecule has 120 valence electrons. The molecule has 0 aromatic carbocycles. The molecule has 0 aliphatic carbocycles. The van der Waals surface area contributed by atoms with Gasteiger partial charge in [0.1, 0.15) is 0 Å². The van der Waals surface area contributed by atoms with Gasteiger partial charge < -0.3 is 0 Å². The van der Waals surface area contributed by atoms with Gasteiger partial charge in [-0.2, -0.15) is 0 Å². The fourth-order valence-electron chi connectivity index (χ4n) is 2.50. The van der Waals surface area contributed by atoms with Crippen LogP contribution in [0.1, 0.15) is 73.4 Å². The molecule has 2 aromatic rings. The van der Waals surface area contributed by atoms with Crippen LogP contribution in [0.25, 0.3) is 0 Å². The molecule has 0 fully saturated rings. The second-order valence-electron chi connectivity index (χ2n) is 6.51. The Morgan fingerprint density at radius 1 is 0.773 bits per heavy atom. The second-order valence-corrected chi connectivity index (χ2v) is 6.51. The van der Waals surface area contributed by atoms with Gasteiger partial charge in [0, 0.05) is 18.1 Å². The van der Waals surface area contributed by atoms with Crippen molar-refractivity contribution < 1.29 is 0 Å². The summed E-state index contributed by atoms with van der Waals surface area (Å²) in [5.41, 5.74) is 6.92. The predicted molar refractivity (Wildman–Crippen MR) is 93.4 cm³/mol. The minimum absolute atomic E-state index is 0.475. The zero-order chi connectivity index (χ0) is 16.9. The standard InChI is InChI=1S/C10H15N.C9H14N2/c1-7(2)10-9(4)5-8(3)6-11-10;1-6(2)9-8(4)11-7(3)5-10-9/h5-7H,1-4H3;5-6H,1-4H3. The molecule has 0 aliphatic rings. The van der Waals surface area contributed by atoms with Crippen LogP contribution in [-0.4, -0.2) is 15.0 Å². The molecule has 0 saturated heterocycles. The minimum Gasteiger partial charge on any atom is -0.260 e. The Morgan fingerprint density at radius 2 is 1.32 bits per heavy atom. The molecule has 3 heteroatoms. The largest absolute Gasteiger partial charge is 0.260 e. The van der Waals surface area contributed by atoms with E-state index in [0.717, 1.165) is 17.1 Å². The maximum Gasteiger partial charge on any atom is 0.0641 e. The van der Waals surface area contributed by atoms with E-state index in [0.29, 0.717) is 11.8 Å². The van der Waals surface area contributed by atoms with Crippen molar-refractivity contribution in [3.63, 3.8) is 0 Å². The van der Waals surface area contributed by atoms with Gasteiger partial charge in [-0.1, -0.05) is 33.8 Å². The molecular weight excluding hydrogens is 270 g/mol. The summed E-state index contributed by atoms with van der Waals surface area (Å²) >= 11 is 0. The van der Waals surface area contributed by atoms with Gasteiger partial charge in [0.25, 0.3) is 0 Å². The van der Waals surface area contributed by atoms with E-state index in [2.05, 4.69) is 62.6 Å². The number of hydrogen-bond acceptors (Lipinski definition) is 3. The van der Waals surface area contributed by atoms with Gasteiger partial charge >= 0.3 is 0 Å². The van der Waals surface area contributed by atoms with Crippen LogP contribution in [0.2, 0.25) is 0 Å². The summed E-state index contributed by atoms with van der Waals surface area (Å²) in [6.45, 7) is 16.8. The lowest BCUT2D eigenvalue weighted by Crippen LogP contribution is -2.00. The third kappa shape index (κ3) is 5.21. The van der Waals surface area contributed by atoms with E-state index in [-0.39, 0.29) is 0 Å². The first-order valence-corrected chi connectivity index (χ1v) is 7.95. The van der Waals surface area contributed by atoms with Crippen LogP contribution in [-0.2, 0) is 0 Å². The summed E-state index contributed by atoms with van der Waals surface area (Å²) in [5.74, 6) is 1.01. The zero-order valence-corrected chi connectivity index (χ0v) is 15.2. The Hall–Kier alpha value is -1.77. The normalized spacial score (nSPS) is 10.6. The Labute approximate surface area is 135 Å². The number of nitrogens with zero attached hydrogens (tertiary/aromatic N) is 3. The number of hydrogen-bond donors (Lipinski definition) is 0. The quantitative estimate of drug-likeness (QED) is 0.780. The number of aromatic nitrogens is 3. The highest BCUT2D eigenvalue weighted by molar-refractivity contribution is 5.25. The van der Waals surface area contributed by atoms with E-state index in [1.807, 2.05) is 26.2 Å². The van der Waals surface area contributed by atoms with Crippen LogP contribution in [0.15, 0.2) is 18.5 Å². The van der Waals surface area contributed by atoms with Crippen molar-refractivity contribution in [1.29, 1.82) is 0 Å². The molecule has 2 rings (SSSR count). The maximum absolute atomic E-state index is 4.38. The van der Waals surface area contributed by atoms with E-state index < -0.39 is 0 Å². The Kier molecular flexibility index (Phi) is 6.66. The Balaban J connectivity index is 0.000000220. The molecule has 0 unspecified atom stereocenters. The van der Waals surface area contributed by atoms with Gasteiger partial charge in [0.15, 0.2) is 0 Å². The van der Waals surface area contributed by atoms with Crippen LogP contribution in [0.4, 0.5) is 0 Å². The lowest BCUT2D eigenvalue weighted by Gasteiger charge is -2.07. The average molecular weight is 299 g/mol. The topological polar surface area (TPSA) is 38.7 Å². The first-order chi connectivity index (χ1) is 10.2. The number of aryl methyl sites for hydroxylation is 4. The molecule has 0 radical (unpaired) electrons. The highest BCUT2D eigenvalue weighted by atomic mass is 14.8. The lowest BCUT2D eigenvalue weighted by molar-refractivity contribution is 0.789. The van der Waals surface area contributed by atoms with Crippen molar-refractivity contribution >= 4 is 0 Å². The Bertz CT molecular complexity index is 561. The molecule has 22 heavy (non-hydrogen) atoms. The molecule has 2 heterocycles. The van der Waals surface area contributed by atoms with Crippen molar-refractivity contribution in [2.24, 2.45) is 0 Å². The highest BCUT2D eigenvalue weighted by Crippen LogP contribution is 2.16. The van der Waals surface area contributed by atoms with Crippen molar-refractivity contribution in [3.05, 3.63) is 52.4 Å². The predicted octanol–water partition coefficient (Wildman–Crippen LogP) is 5.04. The fourth-order valence-corrected chi connectivity index (χ4v) is 2.50. The maximum atomic E-state index is 4.38. The molecule has 0 atom stereocenters. The summed E-state index contributed by atoms with van der Waals surface area (Å²) in [7, 11) is 0.